The number of hydrogen-bond donors (Lipinski definition) is 1. The van der Waals surface area contributed by atoms with Gasteiger partial charge in [0.05, 0.1) is 11.6 Å². The standard InChI is InChI=1S/C24H33N3O/c1-18(2)23(22-8-4-5-13-25-22)24(28)26-15-20-9-11-21(12-10-20)17-27-14-6-7-19(3)16-27/h4-5,8-13,18-19,23H,6-7,14-17H2,1-3H3,(H,26,28)/t19-,23+/m1/s1. The molecule has 1 amide bonds. The molecule has 2 heterocycles. The van der Waals surface area contributed by atoms with Crippen molar-refractivity contribution in [1.29, 1.82) is 0 Å². The molecule has 1 fully saturated rings. The van der Waals surface area contributed by atoms with Gasteiger partial charge in [0.25, 0.3) is 0 Å². The Labute approximate surface area is 169 Å². The monoisotopic (exact) mass is 379 g/mol. The van der Waals surface area contributed by atoms with E-state index in [1.165, 1.54) is 31.5 Å². The van der Waals surface area contributed by atoms with Crippen molar-refractivity contribution in [2.75, 3.05) is 13.1 Å². The molecule has 150 valence electrons. The van der Waals surface area contributed by atoms with E-state index < -0.39 is 0 Å². The molecule has 0 aliphatic carbocycles. The highest BCUT2D eigenvalue weighted by molar-refractivity contribution is 5.83. The smallest absolute Gasteiger partial charge is 0.229 e. The van der Waals surface area contributed by atoms with E-state index in [4.69, 9.17) is 0 Å². The topological polar surface area (TPSA) is 45.2 Å². The summed E-state index contributed by atoms with van der Waals surface area (Å²) in [6.07, 6.45) is 4.41. The molecule has 4 heteroatoms. The summed E-state index contributed by atoms with van der Waals surface area (Å²) in [6, 6.07) is 14.4. The molecule has 0 saturated carbocycles. The third-order valence-corrected chi connectivity index (χ3v) is 5.59. The van der Waals surface area contributed by atoms with Crippen LogP contribution in [0.4, 0.5) is 0 Å². The molecular formula is C24H33N3O. The SMILES string of the molecule is CC(C)[C@H](C(=O)NCc1ccc(CN2CCC[C@@H](C)C2)cc1)c1ccccn1. The highest BCUT2D eigenvalue weighted by Gasteiger charge is 2.25. The Morgan fingerprint density at radius 3 is 2.57 bits per heavy atom. The molecule has 0 spiro atoms. The number of likely N-dealkylation sites (tertiary alicyclic amines) is 1. The quantitative estimate of drug-likeness (QED) is 0.777. The molecule has 1 aliphatic heterocycles. The summed E-state index contributed by atoms with van der Waals surface area (Å²) in [5.74, 6) is 0.821. The Kier molecular flexibility index (Phi) is 7.21. The van der Waals surface area contributed by atoms with Crippen molar-refractivity contribution in [3.05, 3.63) is 65.5 Å². The zero-order chi connectivity index (χ0) is 19.9. The molecule has 1 aliphatic rings. The van der Waals surface area contributed by atoms with Gasteiger partial charge < -0.3 is 5.32 Å². The number of carbonyl (C=O) groups is 1. The second-order valence-corrected chi connectivity index (χ2v) is 8.49. The van der Waals surface area contributed by atoms with Crippen molar-refractivity contribution in [2.24, 2.45) is 11.8 Å². The van der Waals surface area contributed by atoms with Crippen LogP contribution in [0.15, 0.2) is 48.7 Å². The summed E-state index contributed by atoms with van der Waals surface area (Å²) < 4.78 is 0. The lowest BCUT2D eigenvalue weighted by Crippen LogP contribution is -2.33. The fourth-order valence-corrected chi connectivity index (χ4v) is 4.09. The maximum atomic E-state index is 12.8. The highest BCUT2D eigenvalue weighted by Crippen LogP contribution is 2.23. The summed E-state index contributed by atoms with van der Waals surface area (Å²) in [5, 5.41) is 3.10. The number of benzene rings is 1. The van der Waals surface area contributed by atoms with Crippen LogP contribution in [0.2, 0.25) is 0 Å². The zero-order valence-corrected chi connectivity index (χ0v) is 17.4. The van der Waals surface area contributed by atoms with Gasteiger partial charge in [0.15, 0.2) is 0 Å². The van der Waals surface area contributed by atoms with Crippen molar-refractivity contribution in [3.63, 3.8) is 0 Å². The Hall–Kier alpha value is -2.20. The van der Waals surface area contributed by atoms with Crippen molar-refractivity contribution >= 4 is 5.91 Å². The average Bonchev–Trinajstić information content (AvgIpc) is 2.68. The molecule has 1 aromatic heterocycles. The second-order valence-electron chi connectivity index (χ2n) is 8.49. The molecule has 1 aromatic carbocycles. The van der Waals surface area contributed by atoms with Gasteiger partial charge in [-0.25, -0.2) is 0 Å². The van der Waals surface area contributed by atoms with Crippen LogP contribution in [0.25, 0.3) is 0 Å². The van der Waals surface area contributed by atoms with Crippen LogP contribution in [0.3, 0.4) is 0 Å². The minimum Gasteiger partial charge on any atom is -0.351 e. The molecule has 4 nitrogen and oxygen atoms in total. The molecule has 2 aromatic rings. The minimum atomic E-state index is -0.221. The van der Waals surface area contributed by atoms with Crippen molar-refractivity contribution < 1.29 is 4.79 Å². The van der Waals surface area contributed by atoms with E-state index in [1.54, 1.807) is 6.20 Å². The molecule has 28 heavy (non-hydrogen) atoms. The first-order valence-electron chi connectivity index (χ1n) is 10.5. The van der Waals surface area contributed by atoms with Crippen molar-refractivity contribution in [2.45, 2.75) is 52.6 Å². The van der Waals surface area contributed by atoms with E-state index in [0.29, 0.717) is 6.54 Å². The summed E-state index contributed by atoms with van der Waals surface area (Å²) in [6.45, 7) is 10.4. The number of rotatable bonds is 7. The minimum absolute atomic E-state index is 0.0417. The van der Waals surface area contributed by atoms with Gasteiger partial charge in [-0.15, -0.1) is 0 Å². The molecule has 3 rings (SSSR count). The van der Waals surface area contributed by atoms with Gasteiger partial charge in [-0.1, -0.05) is 51.1 Å². The zero-order valence-electron chi connectivity index (χ0n) is 17.4. The van der Waals surface area contributed by atoms with Crippen molar-refractivity contribution in [3.8, 4) is 0 Å². The summed E-state index contributed by atoms with van der Waals surface area (Å²) >= 11 is 0. The van der Waals surface area contributed by atoms with E-state index in [2.05, 4.69) is 60.2 Å². The first-order valence-corrected chi connectivity index (χ1v) is 10.5. The summed E-state index contributed by atoms with van der Waals surface area (Å²) in [7, 11) is 0. The van der Waals surface area contributed by atoms with Gasteiger partial charge in [-0.05, 0) is 54.5 Å². The van der Waals surface area contributed by atoms with Crippen LogP contribution >= 0.6 is 0 Å². The van der Waals surface area contributed by atoms with E-state index in [1.807, 2.05) is 18.2 Å². The van der Waals surface area contributed by atoms with Crippen LogP contribution < -0.4 is 5.32 Å². The van der Waals surface area contributed by atoms with E-state index in [0.717, 1.165) is 23.7 Å². The number of nitrogens with one attached hydrogen (secondary N) is 1. The Morgan fingerprint density at radius 1 is 1.18 bits per heavy atom. The molecular weight excluding hydrogens is 346 g/mol. The number of carbonyl (C=O) groups excluding carboxylic acids is 1. The van der Waals surface area contributed by atoms with Gasteiger partial charge in [-0.2, -0.15) is 0 Å². The van der Waals surface area contributed by atoms with E-state index >= 15 is 0 Å². The fourth-order valence-electron chi connectivity index (χ4n) is 4.09. The second kappa shape index (κ2) is 9.83. The highest BCUT2D eigenvalue weighted by atomic mass is 16.1. The Morgan fingerprint density at radius 2 is 1.93 bits per heavy atom. The first kappa shape index (κ1) is 20.5. The maximum Gasteiger partial charge on any atom is 0.229 e. The number of amides is 1. The number of pyridine rings is 1. The molecule has 0 unspecified atom stereocenters. The van der Waals surface area contributed by atoms with Crippen LogP contribution in [0, 0.1) is 11.8 Å². The van der Waals surface area contributed by atoms with Crippen molar-refractivity contribution in [1.82, 2.24) is 15.2 Å². The lowest BCUT2D eigenvalue weighted by atomic mass is 9.91. The largest absolute Gasteiger partial charge is 0.351 e. The molecule has 1 saturated heterocycles. The Bertz CT molecular complexity index is 742. The third-order valence-electron chi connectivity index (χ3n) is 5.59. The summed E-state index contributed by atoms with van der Waals surface area (Å²) in [4.78, 5) is 19.7. The predicted molar refractivity (Wildman–Crippen MR) is 114 cm³/mol. The molecule has 2 atom stereocenters. The normalized spacial score (nSPS) is 18.8. The van der Waals surface area contributed by atoms with Crippen LogP contribution in [0.5, 0.6) is 0 Å². The molecule has 1 N–H and O–H groups in total. The van der Waals surface area contributed by atoms with E-state index in [-0.39, 0.29) is 17.7 Å². The van der Waals surface area contributed by atoms with Gasteiger partial charge in [0.2, 0.25) is 5.91 Å². The molecule has 0 radical (unpaired) electrons. The van der Waals surface area contributed by atoms with Gasteiger partial charge in [0, 0.05) is 25.8 Å². The van der Waals surface area contributed by atoms with E-state index in [9.17, 15) is 4.79 Å². The summed E-state index contributed by atoms with van der Waals surface area (Å²) in [5.41, 5.74) is 3.31. The number of aromatic nitrogens is 1. The van der Waals surface area contributed by atoms with Gasteiger partial charge >= 0.3 is 0 Å². The van der Waals surface area contributed by atoms with Gasteiger partial charge in [-0.3, -0.25) is 14.7 Å². The lowest BCUT2D eigenvalue weighted by molar-refractivity contribution is -0.123. The maximum absolute atomic E-state index is 12.8. The third kappa shape index (κ3) is 5.65. The number of hydrogen-bond acceptors (Lipinski definition) is 3. The molecule has 0 bridgehead atoms. The van der Waals surface area contributed by atoms with Gasteiger partial charge in [0.1, 0.15) is 0 Å². The predicted octanol–water partition coefficient (Wildman–Crippen LogP) is 4.37. The fraction of sp³-hybridized carbons (Fsp3) is 0.500. The number of piperidine rings is 1. The average molecular weight is 380 g/mol. The van der Waals surface area contributed by atoms with Crippen LogP contribution in [-0.4, -0.2) is 28.9 Å². The Balaban J connectivity index is 1.54. The lowest BCUT2D eigenvalue weighted by Gasteiger charge is -2.30. The number of nitrogens with zero attached hydrogens (tertiary/aromatic N) is 2. The first-order chi connectivity index (χ1) is 13.5. The van der Waals surface area contributed by atoms with Crippen LogP contribution in [0.1, 0.15) is 56.4 Å². The van der Waals surface area contributed by atoms with Crippen LogP contribution in [-0.2, 0) is 17.9 Å².